The maximum Gasteiger partial charge on any atom is 0.130 e. The van der Waals surface area contributed by atoms with Crippen molar-refractivity contribution in [3.05, 3.63) is 24.3 Å². The molecule has 3 nitrogen and oxygen atoms in total. The molecule has 1 aromatic rings. The van der Waals surface area contributed by atoms with Crippen molar-refractivity contribution in [2.24, 2.45) is 0 Å². The summed E-state index contributed by atoms with van der Waals surface area (Å²) < 4.78 is 5.78. The van der Waals surface area contributed by atoms with Gasteiger partial charge in [-0.1, -0.05) is 12.1 Å². The van der Waals surface area contributed by atoms with E-state index in [2.05, 4.69) is 11.0 Å². The molecule has 0 amide bonds. The molecule has 1 aliphatic rings. The van der Waals surface area contributed by atoms with E-state index in [0.29, 0.717) is 0 Å². The Hall–Kier alpha value is -1.22. The Morgan fingerprint density at radius 1 is 1.38 bits per heavy atom. The van der Waals surface area contributed by atoms with Crippen LogP contribution in [-0.2, 0) is 4.74 Å². The van der Waals surface area contributed by atoms with Gasteiger partial charge in [-0.2, -0.15) is 0 Å². The average molecular weight is 220 g/mol. The van der Waals surface area contributed by atoms with E-state index in [-0.39, 0.29) is 6.23 Å². The molecule has 1 atom stereocenters. The van der Waals surface area contributed by atoms with Gasteiger partial charge in [0.15, 0.2) is 0 Å². The van der Waals surface area contributed by atoms with E-state index >= 15 is 0 Å². The third-order valence-corrected chi connectivity index (χ3v) is 3.05. The summed E-state index contributed by atoms with van der Waals surface area (Å²) in [4.78, 5) is 2.29. The molecule has 1 aromatic carbocycles. The first kappa shape index (κ1) is 11.3. The van der Waals surface area contributed by atoms with Crippen LogP contribution in [0, 0.1) is 0 Å². The SMILES string of the molecule is CCOC1CCCCN1c1ccccc1N. The number of nitrogens with zero attached hydrogens (tertiary/aromatic N) is 1. The fourth-order valence-electron chi connectivity index (χ4n) is 2.29. The number of nitrogens with two attached hydrogens (primary N) is 1. The highest BCUT2D eigenvalue weighted by Crippen LogP contribution is 2.29. The molecule has 1 heterocycles. The van der Waals surface area contributed by atoms with Crippen molar-refractivity contribution >= 4 is 11.4 Å². The van der Waals surface area contributed by atoms with E-state index < -0.39 is 0 Å². The van der Waals surface area contributed by atoms with Crippen molar-refractivity contribution in [3.8, 4) is 0 Å². The molecular formula is C13H20N2O. The number of nitrogen functional groups attached to an aromatic ring is 1. The smallest absolute Gasteiger partial charge is 0.130 e. The standard InChI is InChI=1S/C13H20N2O/c1-2-16-13-9-5-6-10-15(13)12-8-4-3-7-11(12)14/h3-4,7-8,13H,2,5-6,9-10,14H2,1H3. The molecular weight excluding hydrogens is 200 g/mol. The van der Waals surface area contributed by atoms with Crippen LogP contribution in [0.25, 0.3) is 0 Å². The predicted octanol–water partition coefficient (Wildman–Crippen LogP) is 2.62. The first-order valence-corrected chi connectivity index (χ1v) is 6.05. The summed E-state index contributed by atoms with van der Waals surface area (Å²) in [6.07, 6.45) is 3.76. The van der Waals surface area contributed by atoms with Gasteiger partial charge in [0.2, 0.25) is 0 Å². The normalized spacial score (nSPS) is 21.1. The summed E-state index contributed by atoms with van der Waals surface area (Å²) in [5, 5.41) is 0. The largest absolute Gasteiger partial charge is 0.397 e. The summed E-state index contributed by atoms with van der Waals surface area (Å²) in [5.41, 5.74) is 7.97. The first-order valence-electron chi connectivity index (χ1n) is 6.05. The number of para-hydroxylation sites is 2. The highest BCUT2D eigenvalue weighted by atomic mass is 16.5. The van der Waals surface area contributed by atoms with Crippen molar-refractivity contribution in [2.75, 3.05) is 23.8 Å². The molecule has 16 heavy (non-hydrogen) atoms. The number of hydrogen-bond acceptors (Lipinski definition) is 3. The number of hydrogen-bond donors (Lipinski definition) is 1. The summed E-state index contributed by atoms with van der Waals surface area (Å²) in [6, 6.07) is 8.03. The van der Waals surface area contributed by atoms with Gasteiger partial charge in [-0.25, -0.2) is 0 Å². The molecule has 1 unspecified atom stereocenters. The molecule has 0 saturated carbocycles. The van der Waals surface area contributed by atoms with Gasteiger partial charge in [0.1, 0.15) is 6.23 Å². The lowest BCUT2D eigenvalue weighted by atomic mass is 10.1. The van der Waals surface area contributed by atoms with E-state index in [9.17, 15) is 0 Å². The Morgan fingerprint density at radius 2 is 2.19 bits per heavy atom. The molecule has 2 rings (SSSR count). The molecule has 0 radical (unpaired) electrons. The monoisotopic (exact) mass is 220 g/mol. The van der Waals surface area contributed by atoms with Crippen LogP contribution in [0.5, 0.6) is 0 Å². The summed E-state index contributed by atoms with van der Waals surface area (Å²) in [7, 11) is 0. The number of ether oxygens (including phenoxy) is 1. The van der Waals surface area contributed by atoms with Crippen molar-refractivity contribution in [3.63, 3.8) is 0 Å². The molecule has 0 spiro atoms. The lowest BCUT2D eigenvalue weighted by Gasteiger charge is -2.37. The van der Waals surface area contributed by atoms with Crippen molar-refractivity contribution in [1.29, 1.82) is 0 Å². The minimum Gasteiger partial charge on any atom is -0.397 e. The molecule has 0 aliphatic carbocycles. The minimum absolute atomic E-state index is 0.198. The molecule has 0 aromatic heterocycles. The fraction of sp³-hybridized carbons (Fsp3) is 0.538. The third-order valence-electron chi connectivity index (χ3n) is 3.05. The average Bonchev–Trinajstić information content (AvgIpc) is 2.31. The molecule has 3 heteroatoms. The van der Waals surface area contributed by atoms with E-state index in [0.717, 1.165) is 30.9 Å². The number of anilines is 2. The second-order valence-corrected chi connectivity index (χ2v) is 4.16. The van der Waals surface area contributed by atoms with Crippen LogP contribution in [0.3, 0.4) is 0 Å². The van der Waals surface area contributed by atoms with Crippen LogP contribution in [-0.4, -0.2) is 19.4 Å². The second kappa shape index (κ2) is 5.21. The Balaban J connectivity index is 2.19. The molecule has 1 saturated heterocycles. The van der Waals surface area contributed by atoms with Gasteiger partial charge in [-0.15, -0.1) is 0 Å². The predicted molar refractivity (Wildman–Crippen MR) is 67.5 cm³/mol. The van der Waals surface area contributed by atoms with Gasteiger partial charge in [-0.3, -0.25) is 0 Å². The first-order chi connectivity index (χ1) is 7.83. The quantitative estimate of drug-likeness (QED) is 0.796. The van der Waals surface area contributed by atoms with Crippen molar-refractivity contribution in [2.45, 2.75) is 32.4 Å². The molecule has 88 valence electrons. The van der Waals surface area contributed by atoms with Gasteiger partial charge < -0.3 is 15.4 Å². The topological polar surface area (TPSA) is 38.5 Å². The zero-order valence-electron chi connectivity index (χ0n) is 9.86. The minimum atomic E-state index is 0.198. The van der Waals surface area contributed by atoms with E-state index in [1.165, 1.54) is 12.8 Å². The van der Waals surface area contributed by atoms with Gasteiger partial charge in [-0.05, 0) is 38.3 Å². The Bertz CT molecular complexity index is 338. The van der Waals surface area contributed by atoms with Gasteiger partial charge in [0.05, 0.1) is 11.4 Å². The molecule has 2 N–H and O–H groups in total. The Labute approximate surface area is 97.2 Å². The molecule has 0 bridgehead atoms. The zero-order valence-corrected chi connectivity index (χ0v) is 9.86. The van der Waals surface area contributed by atoms with Crippen LogP contribution in [0.1, 0.15) is 26.2 Å². The summed E-state index contributed by atoms with van der Waals surface area (Å²) in [6.45, 7) is 3.84. The van der Waals surface area contributed by atoms with Gasteiger partial charge in [0, 0.05) is 13.2 Å². The van der Waals surface area contributed by atoms with E-state index in [1.54, 1.807) is 0 Å². The van der Waals surface area contributed by atoms with E-state index in [1.807, 2.05) is 25.1 Å². The molecule has 1 fully saturated rings. The second-order valence-electron chi connectivity index (χ2n) is 4.16. The van der Waals surface area contributed by atoms with Gasteiger partial charge in [0.25, 0.3) is 0 Å². The van der Waals surface area contributed by atoms with Crippen LogP contribution in [0.2, 0.25) is 0 Å². The maximum atomic E-state index is 6.01. The van der Waals surface area contributed by atoms with Gasteiger partial charge >= 0.3 is 0 Å². The van der Waals surface area contributed by atoms with Crippen LogP contribution >= 0.6 is 0 Å². The van der Waals surface area contributed by atoms with Crippen molar-refractivity contribution in [1.82, 2.24) is 0 Å². The highest BCUT2D eigenvalue weighted by Gasteiger charge is 2.23. The van der Waals surface area contributed by atoms with E-state index in [4.69, 9.17) is 10.5 Å². The zero-order chi connectivity index (χ0) is 11.4. The third kappa shape index (κ3) is 2.30. The number of rotatable bonds is 3. The maximum absolute atomic E-state index is 6.01. The lowest BCUT2D eigenvalue weighted by Crippen LogP contribution is -2.41. The summed E-state index contributed by atoms with van der Waals surface area (Å²) >= 11 is 0. The number of piperidine rings is 1. The van der Waals surface area contributed by atoms with Crippen LogP contribution in [0.4, 0.5) is 11.4 Å². The Morgan fingerprint density at radius 3 is 2.94 bits per heavy atom. The van der Waals surface area contributed by atoms with Crippen LogP contribution in [0.15, 0.2) is 24.3 Å². The number of benzene rings is 1. The van der Waals surface area contributed by atoms with Crippen molar-refractivity contribution < 1.29 is 4.74 Å². The highest BCUT2D eigenvalue weighted by molar-refractivity contribution is 5.67. The Kier molecular flexibility index (Phi) is 3.67. The van der Waals surface area contributed by atoms with Crippen LogP contribution < -0.4 is 10.6 Å². The fourth-order valence-corrected chi connectivity index (χ4v) is 2.29. The molecule has 1 aliphatic heterocycles. The lowest BCUT2D eigenvalue weighted by molar-refractivity contribution is 0.0434. The summed E-state index contributed by atoms with van der Waals surface area (Å²) in [5.74, 6) is 0.